The van der Waals surface area contributed by atoms with Gasteiger partial charge in [0.2, 0.25) is 10.0 Å². The van der Waals surface area contributed by atoms with Gasteiger partial charge in [-0.05, 0) is 50.7 Å². The molecule has 6 nitrogen and oxygen atoms in total. The fourth-order valence-corrected chi connectivity index (χ4v) is 3.62. The van der Waals surface area contributed by atoms with Crippen molar-refractivity contribution in [3.63, 3.8) is 0 Å². The number of allylic oxidation sites excluding steroid dienone is 2. The zero-order valence-corrected chi connectivity index (χ0v) is 14.5. The molecule has 0 atom stereocenters. The smallest absolute Gasteiger partial charge is 0.258 e. The summed E-state index contributed by atoms with van der Waals surface area (Å²) in [7, 11) is -3.70. The highest BCUT2D eigenvalue weighted by Gasteiger charge is 2.20. The normalized spacial score (nSPS) is 11.4. The molecule has 7 heteroatoms. The van der Waals surface area contributed by atoms with Gasteiger partial charge in [-0.25, -0.2) is 13.1 Å². The Morgan fingerprint density at radius 3 is 2.00 bits per heavy atom. The second-order valence-electron chi connectivity index (χ2n) is 5.51. The van der Waals surface area contributed by atoms with Crippen LogP contribution in [0.2, 0.25) is 0 Å². The van der Waals surface area contributed by atoms with Gasteiger partial charge in [-0.2, -0.15) is 0 Å². The fraction of sp³-hybridized carbons (Fsp3) is 0.412. The molecule has 0 aliphatic carbocycles. The number of unbranched alkanes of at least 4 members (excludes halogenated alkanes) is 2. The minimum atomic E-state index is -3.70. The highest BCUT2D eigenvalue weighted by Crippen LogP contribution is 2.18. The van der Waals surface area contributed by atoms with Gasteiger partial charge in [-0.3, -0.25) is 10.1 Å². The van der Waals surface area contributed by atoms with Crippen molar-refractivity contribution in [3.8, 4) is 0 Å². The molecule has 1 N–H and O–H groups in total. The lowest BCUT2D eigenvalue weighted by Crippen LogP contribution is -2.34. The lowest BCUT2D eigenvalue weighted by molar-refractivity contribution is -0.384. The van der Waals surface area contributed by atoms with E-state index in [0.717, 1.165) is 38.5 Å². The van der Waals surface area contributed by atoms with E-state index in [1.807, 2.05) is 12.2 Å². The van der Waals surface area contributed by atoms with Gasteiger partial charge in [-0.1, -0.05) is 12.2 Å². The summed E-state index contributed by atoms with van der Waals surface area (Å²) in [6.45, 7) is 7.34. The molecule has 1 aromatic carbocycles. The van der Waals surface area contributed by atoms with Crippen LogP contribution in [0.25, 0.3) is 0 Å². The molecule has 0 bridgehead atoms. The van der Waals surface area contributed by atoms with Crippen LogP contribution in [0.3, 0.4) is 0 Å². The molecular weight excluding hydrogens is 328 g/mol. The van der Waals surface area contributed by atoms with Crippen molar-refractivity contribution in [2.75, 3.05) is 0 Å². The lowest BCUT2D eigenvalue weighted by Gasteiger charge is -2.18. The average Bonchev–Trinajstić information content (AvgIpc) is 2.55. The molecule has 0 saturated heterocycles. The number of hydrogen-bond acceptors (Lipinski definition) is 4. The SMILES string of the molecule is C=CCCCC(CCCC=C)NS(=O)(=O)c1ccc([N+](=O)[O-])cc1. The van der Waals surface area contributed by atoms with Gasteiger partial charge in [0.25, 0.3) is 5.69 Å². The van der Waals surface area contributed by atoms with Crippen LogP contribution in [0.5, 0.6) is 0 Å². The third-order valence-corrected chi connectivity index (χ3v) is 5.14. The predicted octanol–water partition coefficient (Wildman–Crippen LogP) is 3.95. The second-order valence-corrected chi connectivity index (χ2v) is 7.22. The summed E-state index contributed by atoms with van der Waals surface area (Å²) in [5, 5.41) is 10.7. The molecule has 1 rings (SSSR count). The van der Waals surface area contributed by atoms with Crippen molar-refractivity contribution in [2.45, 2.75) is 49.5 Å². The molecule has 0 aliphatic rings. The monoisotopic (exact) mass is 352 g/mol. The Labute approximate surface area is 143 Å². The first kappa shape index (κ1) is 20.1. The zero-order chi connectivity index (χ0) is 18.0. The van der Waals surface area contributed by atoms with Crippen molar-refractivity contribution in [3.05, 3.63) is 59.7 Å². The largest absolute Gasteiger partial charge is 0.269 e. The summed E-state index contributed by atoms with van der Waals surface area (Å²) < 4.78 is 27.6. The van der Waals surface area contributed by atoms with Crippen molar-refractivity contribution in [1.82, 2.24) is 4.72 Å². The van der Waals surface area contributed by atoms with E-state index in [1.54, 1.807) is 0 Å². The second kappa shape index (κ2) is 10.00. The zero-order valence-electron chi connectivity index (χ0n) is 13.7. The summed E-state index contributed by atoms with van der Waals surface area (Å²) >= 11 is 0. The predicted molar refractivity (Wildman–Crippen MR) is 95.3 cm³/mol. The van der Waals surface area contributed by atoms with Crippen molar-refractivity contribution in [2.24, 2.45) is 0 Å². The highest BCUT2D eigenvalue weighted by atomic mass is 32.2. The van der Waals surface area contributed by atoms with E-state index in [0.29, 0.717) is 0 Å². The number of nitro benzene ring substituents is 1. The van der Waals surface area contributed by atoms with Crippen LogP contribution in [0.4, 0.5) is 5.69 Å². The van der Waals surface area contributed by atoms with Gasteiger partial charge >= 0.3 is 0 Å². The number of nitrogens with zero attached hydrogens (tertiary/aromatic N) is 1. The van der Waals surface area contributed by atoms with E-state index in [-0.39, 0.29) is 16.6 Å². The lowest BCUT2D eigenvalue weighted by atomic mass is 10.0. The average molecular weight is 352 g/mol. The Kier molecular flexibility index (Phi) is 8.35. The molecule has 0 fully saturated rings. The van der Waals surface area contributed by atoms with E-state index in [2.05, 4.69) is 17.9 Å². The molecule has 0 aromatic heterocycles. The van der Waals surface area contributed by atoms with Gasteiger partial charge in [0.15, 0.2) is 0 Å². The topological polar surface area (TPSA) is 89.3 Å². The standard InChI is InChI=1S/C17H24N2O4S/c1-3-5-7-9-15(10-8-6-4-2)18-24(22,23)17-13-11-16(12-14-17)19(20)21/h3-4,11-15,18H,1-2,5-10H2. The van der Waals surface area contributed by atoms with Crippen LogP contribution in [0.15, 0.2) is 54.5 Å². The molecule has 132 valence electrons. The molecule has 0 amide bonds. The summed E-state index contributed by atoms with van der Waals surface area (Å²) in [6, 6.07) is 4.72. The van der Waals surface area contributed by atoms with Crippen LogP contribution in [0.1, 0.15) is 38.5 Å². The van der Waals surface area contributed by atoms with E-state index < -0.39 is 14.9 Å². The van der Waals surface area contributed by atoms with Gasteiger partial charge < -0.3 is 0 Å². The molecule has 0 unspecified atom stereocenters. The molecule has 0 saturated carbocycles. The Bertz CT molecular complexity index is 640. The van der Waals surface area contributed by atoms with Crippen molar-refractivity contribution in [1.29, 1.82) is 0 Å². The van der Waals surface area contributed by atoms with Crippen LogP contribution in [-0.2, 0) is 10.0 Å². The van der Waals surface area contributed by atoms with Crippen molar-refractivity contribution < 1.29 is 13.3 Å². The summed E-state index contributed by atoms with van der Waals surface area (Å²) in [6.07, 6.45) is 8.42. The Balaban J connectivity index is 2.81. The van der Waals surface area contributed by atoms with Gasteiger partial charge in [0.1, 0.15) is 0 Å². The fourth-order valence-electron chi connectivity index (χ4n) is 2.31. The molecule has 24 heavy (non-hydrogen) atoms. The summed E-state index contributed by atoms with van der Waals surface area (Å²) in [5.41, 5.74) is -0.137. The molecule has 0 spiro atoms. The first-order valence-corrected chi connectivity index (χ1v) is 9.37. The van der Waals surface area contributed by atoms with Gasteiger partial charge in [-0.15, -0.1) is 13.2 Å². The van der Waals surface area contributed by atoms with Crippen molar-refractivity contribution >= 4 is 15.7 Å². The molecule has 0 radical (unpaired) electrons. The number of non-ortho nitro benzene ring substituents is 1. The molecule has 0 heterocycles. The Hall–Kier alpha value is -1.99. The highest BCUT2D eigenvalue weighted by molar-refractivity contribution is 7.89. The maximum Gasteiger partial charge on any atom is 0.269 e. The van der Waals surface area contributed by atoms with Crippen LogP contribution in [-0.4, -0.2) is 19.4 Å². The minimum Gasteiger partial charge on any atom is -0.258 e. The number of nitrogens with one attached hydrogen (secondary N) is 1. The first-order valence-electron chi connectivity index (χ1n) is 7.89. The van der Waals surface area contributed by atoms with E-state index >= 15 is 0 Å². The Morgan fingerprint density at radius 2 is 1.58 bits per heavy atom. The number of rotatable bonds is 12. The molecular formula is C17H24N2O4S. The van der Waals surface area contributed by atoms with Gasteiger partial charge in [0.05, 0.1) is 9.82 Å². The van der Waals surface area contributed by atoms with E-state index in [1.165, 1.54) is 24.3 Å². The number of sulfonamides is 1. The Morgan fingerprint density at radius 1 is 1.08 bits per heavy atom. The van der Waals surface area contributed by atoms with Crippen LogP contribution < -0.4 is 4.72 Å². The third kappa shape index (κ3) is 6.64. The minimum absolute atomic E-state index is 0.0329. The maximum absolute atomic E-state index is 12.5. The van der Waals surface area contributed by atoms with Crippen LogP contribution in [0, 0.1) is 10.1 Å². The summed E-state index contributed by atoms with van der Waals surface area (Å²) in [5.74, 6) is 0. The molecule has 1 aromatic rings. The maximum atomic E-state index is 12.5. The number of benzene rings is 1. The first-order chi connectivity index (χ1) is 11.4. The quantitative estimate of drug-likeness (QED) is 0.267. The van der Waals surface area contributed by atoms with E-state index in [4.69, 9.17) is 0 Å². The molecule has 0 aliphatic heterocycles. The summed E-state index contributed by atoms with van der Waals surface area (Å²) in [4.78, 5) is 10.1. The number of nitro groups is 1. The van der Waals surface area contributed by atoms with Crippen LogP contribution >= 0.6 is 0 Å². The van der Waals surface area contributed by atoms with E-state index in [9.17, 15) is 18.5 Å². The van der Waals surface area contributed by atoms with Gasteiger partial charge in [0, 0.05) is 18.2 Å². The number of hydrogen-bond donors (Lipinski definition) is 1. The third-order valence-electron chi connectivity index (χ3n) is 3.60.